The molecular weight excluding hydrogens is 168 g/mol. The van der Waals surface area contributed by atoms with Gasteiger partial charge in [0.15, 0.2) is 0 Å². The minimum absolute atomic E-state index is 0.311. The molecule has 0 fully saturated rings. The molecule has 0 aliphatic heterocycles. The summed E-state index contributed by atoms with van der Waals surface area (Å²) in [5.74, 6) is -0.909. The van der Waals surface area contributed by atoms with E-state index in [9.17, 15) is 4.79 Å². The summed E-state index contributed by atoms with van der Waals surface area (Å²) in [5, 5.41) is 8.83. The van der Waals surface area contributed by atoms with Crippen LogP contribution in [0, 0.1) is 6.92 Å². The summed E-state index contributed by atoms with van der Waals surface area (Å²) in [7, 11) is 0. The highest BCUT2D eigenvalue weighted by molar-refractivity contribution is 5.89. The molecule has 0 aliphatic rings. The van der Waals surface area contributed by atoms with Crippen molar-refractivity contribution in [3.8, 4) is 0 Å². The van der Waals surface area contributed by atoms with Crippen molar-refractivity contribution in [2.75, 3.05) is 0 Å². The molecule has 0 radical (unpaired) electrons. The Kier molecular flexibility index (Phi) is 1.55. The quantitative estimate of drug-likeness (QED) is 0.713. The summed E-state index contributed by atoms with van der Waals surface area (Å²) in [6.45, 7) is 1.77. The molecule has 0 spiro atoms. The van der Waals surface area contributed by atoms with Crippen molar-refractivity contribution in [2.45, 2.75) is 6.92 Å². The van der Waals surface area contributed by atoms with Crippen LogP contribution in [-0.4, -0.2) is 20.5 Å². The van der Waals surface area contributed by atoms with Gasteiger partial charge >= 0.3 is 5.97 Å². The Morgan fingerprint density at radius 1 is 1.62 bits per heavy atom. The van der Waals surface area contributed by atoms with Crippen molar-refractivity contribution in [3.63, 3.8) is 0 Å². The van der Waals surface area contributed by atoms with Crippen LogP contribution in [0.25, 0.3) is 5.52 Å². The van der Waals surface area contributed by atoms with Gasteiger partial charge in [0, 0.05) is 6.20 Å². The molecule has 0 aliphatic carbocycles. The number of aromatic nitrogens is 2. The first kappa shape index (κ1) is 7.79. The average molecular weight is 176 g/mol. The lowest BCUT2D eigenvalue weighted by Crippen LogP contribution is -2.01. The Bertz CT molecular complexity index is 473. The zero-order valence-corrected chi connectivity index (χ0v) is 7.06. The van der Waals surface area contributed by atoms with Crippen molar-refractivity contribution in [3.05, 3.63) is 35.9 Å². The normalized spacial score (nSPS) is 10.5. The molecule has 2 aromatic rings. The van der Waals surface area contributed by atoms with Crippen LogP contribution in [0.5, 0.6) is 0 Å². The number of pyridine rings is 1. The fourth-order valence-corrected chi connectivity index (χ4v) is 1.30. The Hall–Kier alpha value is -1.84. The van der Waals surface area contributed by atoms with Crippen LogP contribution in [0.4, 0.5) is 0 Å². The van der Waals surface area contributed by atoms with E-state index in [1.165, 1.54) is 0 Å². The zero-order valence-electron chi connectivity index (χ0n) is 7.06. The van der Waals surface area contributed by atoms with Crippen molar-refractivity contribution in [2.24, 2.45) is 0 Å². The molecule has 0 bridgehead atoms. The monoisotopic (exact) mass is 176 g/mol. The van der Waals surface area contributed by atoms with Crippen LogP contribution in [0.2, 0.25) is 0 Å². The van der Waals surface area contributed by atoms with E-state index in [-0.39, 0.29) is 0 Å². The minimum Gasteiger partial charge on any atom is -0.478 e. The van der Waals surface area contributed by atoms with E-state index in [2.05, 4.69) is 4.98 Å². The molecule has 0 saturated carbocycles. The van der Waals surface area contributed by atoms with Gasteiger partial charge in [-0.25, -0.2) is 9.78 Å². The number of hydrogen-bond acceptors (Lipinski definition) is 2. The molecule has 2 rings (SSSR count). The Balaban J connectivity index is 2.76. The maximum absolute atomic E-state index is 10.8. The highest BCUT2D eigenvalue weighted by Gasteiger charge is 2.07. The fourth-order valence-electron chi connectivity index (χ4n) is 1.30. The number of carbonyl (C=O) groups is 1. The molecule has 2 aromatic heterocycles. The third-order valence-corrected chi connectivity index (χ3v) is 1.98. The standard InChI is InChI=1S/C9H8N2O2/c1-6-2-7-3-10-5-11(7)4-8(6)9(12)13/h2-5H,1H3,(H,12,13). The molecule has 66 valence electrons. The molecule has 0 aromatic carbocycles. The molecule has 0 saturated heterocycles. The van der Waals surface area contributed by atoms with Gasteiger partial charge in [0.25, 0.3) is 0 Å². The van der Waals surface area contributed by atoms with Gasteiger partial charge < -0.3 is 9.51 Å². The molecule has 2 heterocycles. The Morgan fingerprint density at radius 2 is 2.38 bits per heavy atom. The zero-order chi connectivity index (χ0) is 9.42. The summed E-state index contributed by atoms with van der Waals surface area (Å²) in [6.07, 6.45) is 4.85. The molecule has 0 amide bonds. The van der Waals surface area contributed by atoms with Crippen molar-refractivity contribution in [1.82, 2.24) is 9.38 Å². The van der Waals surface area contributed by atoms with E-state index in [1.54, 1.807) is 36.1 Å². The third-order valence-electron chi connectivity index (χ3n) is 1.98. The molecule has 4 heteroatoms. The smallest absolute Gasteiger partial charge is 0.337 e. The Labute approximate surface area is 74.5 Å². The van der Waals surface area contributed by atoms with Crippen LogP contribution in [0.15, 0.2) is 24.8 Å². The summed E-state index contributed by atoms with van der Waals surface area (Å²) in [4.78, 5) is 14.7. The van der Waals surface area contributed by atoms with Crippen LogP contribution < -0.4 is 0 Å². The minimum atomic E-state index is -0.909. The van der Waals surface area contributed by atoms with Gasteiger partial charge in [-0.3, -0.25) is 0 Å². The van der Waals surface area contributed by atoms with E-state index in [4.69, 9.17) is 5.11 Å². The van der Waals surface area contributed by atoms with Crippen LogP contribution >= 0.6 is 0 Å². The SMILES string of the molecule is Cc1cc2cncn2cc1C(=O)O. The van der Waals surface area contributed by atoms with E-state index in [0.29, 0.717) is 5.56 Å². The van der Waals surface area contributed by atoms with Gasteiger partial charge in [-0.1, -0.05) is 0 Å². The fraction of sp³-hybridized carbons (Fsp3) is 0.111. The first-order valence-corrected chi connectivity index (χ1v) is 3.84. The second-order valence-electron chi connectivity index (χ2n) is 2.90. The lowest BCUT2D eigenvalue weighted by Gasteiger charge is -2.01. The highest BCUT2D eigenvalue weighted by Crippen LogP contribution is 2.11. The number of carboxylic acids is 1. The largest absolute Gasteiger partial charge is 0.478 e. The molecular formula is C9H8N2O2. The number of nitrogens with zero attached hydrogens (tertiary/aromatic N) is 2. The van der Waals surface area contributed by atoms with Gasteiger partial charge in [-0.05, 0) is 18.6 Å². The summed E-state index contributed by atoms with van der Waals surface area (Å²) >= 11 is 0. The molecule has 1 N–H and O–H groups in total. The number of hydrogen-bond donors (Lipinski definition) is 1. The van der Waals surface area contributed by atoms with Gasteiger partial charge in [0.1, 0.15) is 0 Å². The summed E-state index contributed by atoms with van der Waals surface area (Å²) in [6, 6.07) is 1.80. The van der Waals surface area contributed by atoms with Crippen molar-refractivity contribution < 1.29 is 9.90 Å². The van der Waals surface area contributed by atoms with Gasteiger partial charge in [-0.15, -0.1) is 0 Å². The maximum Gasteiger partial charge on any atom is 0.337 e. The van der Waals surface area contributed by atoms with E-state index >= 15 is 0 Å². The van der Waals surface area contributed by atoms with E-state index in [0.717, 1.165) is 11.1 Å². The first-order chi connectivity index (χ1) is 6.18. The second kappa shape index (κ2) is 2.58. The lowest BCUT2D eigenvalue weighted by molar-refractivity contribution is 0.0695. The number of fused-ring (bicyclic) bond motifs is 1. The number of rotatable bonds is 1. The number of aryl methyl sites for hydroxylation is 1. The second-order valence-corrected chi connectivity index (χ2v) is 2.90. The van der Waals surface area contributed by atoms with Crippen LogP contribution in [0.1, 0.15) is 15.9 Å². The van der Waals surface area contributed by atoms with E-state index < -0.39 is 5.97 Å². The summed E-state index contributed by atoms with van der Waals surface area (Å²) in [5.41, 5.74) is 1.97. The number of carboxylic acid groups (broad SMARTS) is 1. The number of imidazole rings is 1. The van der Waals surface area contributed by atoms with Crippen molar-refractivity contribution >= 4 is 11.5 Å². The highest BCUT2D eigenvalue weighted by atomic mass is 16.4. The average Bonchev–Trinajstić information content (AvgIpc) is 2.48. The van der Waals surface area contributed by atoms with E-state index in [1.807, 2.05) is 0 Å². The topological polar surface area (TPSA) is 54.6 Å². The predicted octanol–water partition coefficient (Wildman–Crippen LogP) is 1.34. The van der Waals surface area contributed by atoms with Gasteiger partial charge in [0.05, 0.1) is 23.6 Å². The third kappa shape index (κ3) is 1.16. The molecule has 0 atom stereocenters. The molecule has 13 heavy (non-hydrogen) atoms. The van der Waals surface area contributed by atoms with Gasteiger partial charge in [0.2, 0.25) is 0 Å². The first-order valence-electron chi connectivity index (χ1n) is 3.84. The predicted molar refractivity (Wildman–Crippen MR) is 46.9 cm³/mol. The lowest BCUT2D eigenvalue weighted by atomic mass is 10.1. The molecule has 4 nitrogen and oxygen atoms in total. The van der Waals surface area contributed by atoms with Crippen LogP contribution in [-0.2, 0) is 0 Å². The van der Waals surface area contributed by atoms with Crippen LogP contribution in [0.3, 0.4) is 0 Å². The summed E-state index contributed by atoms with van der Waals surface area (Å²) < 4.78 is 1.69. The maximum atomic E-state index is 10.8. The number of aromatic carboxylic acids is 1. The molecule has 0 unspecified atom stereocenters. The van der Waals surface area contributed by atoms with Crippen molar-refractivity contribution in [1.29, 1.82) is 0 Å². The van der Waals surface area contributed by atoms with Gasteiger partial charge in [-0.2, -0.15) is 0 Å². The Morgan fingerprint density at radius 3 is 3.08 bits per heavy atom.